The molecule has 4 aliphatic rings. The molecule has 0 saturated carbocycles. The molecule has 7 heteroatoms. The van der Waals surface area contributed by atoms with Crippen LogP contribution in [0.3, 0.4) is 0 Å². The highest BCUT2D eigenvalue weighted by Crippen LogP contribution is 2.63. The predicted octanol–water partition coefficient (Wildman–Crippen LogP) is 15.2. The molecule has 0 aliphatic carbocycles. The van der Waals surface area contributed by atoms with Gasteiger partial charge in [0.1, 0.15) is 34.4 Å². The number of benzene rings is 11. The fraction of sp³-hybridized carbons (Fsp3) is 0. The van der Waals surface area contributed by atoms with Gasteiger partial charge in [-0.3, -0.25) is 0 Å². The summed E-state index contributed by atoms with van der Waals surface area (Å²) in [6.45, 7) is -0.297. The number of hydrogen-bond donors (Lipinski definition) is 0. The average Bonchev–Trinajstić information content (AvgIpc) is 3.42. The van der Waals surface area contributed by atoms with E-state index in [1.165, 1.54) is 0 Å². The molecular formula is C62H39BN4O2. The molecule has 0 bridgehead atoms. The Morgan fingerprint density at radius 1 is 0.246 bits per heavy atom. The van der Waals surface area contributed by atoms with Crippen LogP contribution in [-0.4, -0.2) is 6.71 Å². The van der Waals surface area contributed by atoms with Crippen LogP contribution in [0.25, 0.3) is 21.5 Å². The van der Waals surface area contributed by atoms with Gasteiger partial charge in [0.15, 0.2) is 0 Å². The predicted molar refractivity (Wildman–Crippen MR) is 285 cm³/mol. The summed E-state index contributed by atoms with van der Waals surface area (Å²) in [6, 6.07) is 84.6. The van der Waals surface area contributed by atoms with E-state index in [0.717, 1.165) is 129 Å². The third-order valence-electron chi connectivity index (χ3n) is 14.3. The van der Waals surface area contributed by atoms with Crippen LogP contribution in [0, 0.1) is 0 Å². The maximum atomic E-state index is 7.57. The van der Waals surface area contributed by atoms with Gasteiger partial charge >= 0.3 is 0 Å². The summed E-state index contributed by atoms with van der Waals surface area (Å²) in [7, 11) is 0. The van der Waals surface area contributed by atoms with E-state index in [2.05, 4.69) is 256 Å². The average molecular weight is 883 g/mol. The van der Waals surface area contributed by atoms with E-state index in [4.69, 9.17) is 9.47 Å². The van der Waals surface area contributed by atoms with E-state index >= 15 is 0 Å². The molecule has 0 aromatic heterocycles. The highest BCUT2D eigenvalue weighted by atomic mass is 16.5. The lowest BCUT2D eigenvalue weighted by Gasteiger charge is -2.45. The number of hydrogen-bond acceptors (Lipinski definition) is 6. The van der Waals surface area contributed by atoms with Crippen molar-refractivity contribution in [3.05, 3.63) is 237 Å². The SMILES string of the molecule is c1ccc(N2c3ccccc3N(c3ccccc3)c3c2c2c(c4ccccc34)B3c4c(cccc4Oc4c5c(c6ccccc6c43)N(c3ccccc3)c3ccccc3N5c3ccccc3)O2)cc1. The van der Waals surface area contributed by atoms with Crippen LogP contribution in [0.2, 0.25) is 0 Å². The van der Waals surface area contributed by atoms with Crippen molar-refractivity contribution in [1.82, 2.24) is 0 Å². The summed E-state index contributed by atoms with van der Waals surface area (Å²) in [5.74, 6) is 3.21. The summed E-state index contributed by atoms with van der Waals surface area (Å²) < 4.78 is 15.1. The summed E-state index contributed by atoms with van der Waals surface area (Å²) in [5, 5.41) is 4.49. The second kappa shape index (κ2) is 14.7. The van der Waals surface area contributed by atoms with Gasteiger partial charge in [0.25, 0.3) is 6.71 Å². The third kappa shape index (κ3) is 5.32. The van der Waals surface area contributed by atoms with Crippen molar-refractivity contribution in [1.29, 1.82) is 0 Å². The molecule has 11 aromatic rings. The van der Waals surface area contributed by atoms with E-state index in [1.54, 1.807) is 0 Å². The molecule has 69 heavy (non-hydrogen) atoms. The number of nitrogens with zero attached hydrogens (tertiary/aromatic N) is 4. The maximum absolute atomic E-state index is 7.57. The van der Waals surface area contributed by atoms with Crippen molar-refractivity contribution in [2.75, 3.05) is 19.6 Å². The molecule has 0 N–H and O–H groups in total. The van der Waals surface area contributed by atoms with Crippen LogP contribution >= 0.6 is 0 Å². The zero-order valence-electron chi connectivity index (χ0n) is 37.2. The smallest absolute Gasteiger partial charge is 0.262 e. The molecular weight excluding hydrogens is 844 g/mol. The Kier molecular flexibility index (Phi) is 8.06. The second-order valence-corrected chi connectivity index (χ2v) is 17.9. The van der Waals surface area contributed by atoms with Gasteiger partial charge in [0.2, 0.25) is 0 Å². The van der Waals surface area contributed by atoms with Crippen LogP contribution in [0.5, 0.6) is 23.0 Å². The van der Waals surface area contributed by atoms with Crippen molar-refractivity contribution in [2.45, 2.75) is 0 Å². The fourth-order valence-corrected chi connectivity index (χ4v) is 11.7. The summed E-state index contributed by atoms with van der Waals surface area (Å²) in [6.07, 6.45) is 0. The Morgan fingerprint density at radius 2 is 0.536 bits per heavy atom. The van der Waals surface area contributed by atoms with E-state index in [1.807, 2.05) is 0 Å². The Morgan fingerprint density at radius 3 is 0.884 bits per heavy atom. The first kappa shape index (κ1) is 38.0. The Hall–Kier alpha value is -9.20. The fourth-order valence-electron chi connectivity index (χ4n) is 11.7. The monoisotopic (exact) mass is 882 g/mol. The van der Waals surface area contributed by atoms with Crippen molar-refractivity contribution < 1.29 is 9.47 Å². The van der Waals surface area contributed by atoms with E-state index in [9.17, 15) is 0 Å². The molecule has 0 spiro atoms. The minimum absolute atomic E-state index is 0.297. The van der Waals surface area contributed by atoms with E-state index in [0.29, 0.717) is 0 Å². The van der Waals surface area contributed by atoms with Crippen molar-refractivity contribution in [3.8, 4) is 23.0 Å². The van der Waals surface area contributed by atoms with Crippen molar-refractivity contribution in [2.24, 2.45) is 0 Å². The second-order valence-electron chi connectivity index (χ2n) is 17.9. The third-order valence-corrected chi connectivity index (χ3v) is 14.3. The van der Waals surface area contributed by atoms with Crippen LogP contribution < -0.4 is 45.5 Å². The number of ether oxygens (including phenoxy) is 2. The molecule has 0 unspecified atom stereocenters. The van der Waals surface area contributed by atoms with Crippen molar-refractivity contribution >= 4 is 113 Å². The highest BCUT2D eigenvalue weighted by molar-refractivity contribution is 7.01. The Bertz CT molecular complexity index is 3640. The quantitative estimate of drug-likeness (QED) is 0.164. The summed E-state index contributed by atoms with van der Waals surface area (Å²) in [4.78, 5) is 9.70. The summed E-state index contributed by atoms with van der Waals surface area (Å²) in [5.41, 5.74) is 15.9. The van der Waals surface area contributed by atoms with Gasteiger partial charge in [-0.1, -0.05) is 152 Å². The molecule has 11 aromatic carbocycles. The van der Waals surface area contributed by atoms with Gasteiger partial charge in [-0.15, -0.1) is 0 Å². The van der Waals surface area contributed by atoms with Crippen molar-refractivity contribution in [3.63, 3.8) is 0 Å². The molecule has 4 heterocycles. The van der Waals surface area contributed by atoms with Gasteiger partial charge in [-0.2, -0.15) is 0 Å². The lowest BCUT2D eigenvalue weighted by atomic mass is 9.33. The van der Waals surface area contributed by atoms with E-state index in [-0.39, 0.29) is 6.71 Å². The van der Waals surface area contributed by atoms with Gasteiger partial charge in [0, 0.05) is 39.0 Å². The first-order valence-corrected chi connectivity index (χ1v) is 23.6. The standard InChI is InChI=1S/C62H39BN4O2/c1-5-22-40(23-6-1)64-48-34-17-19-36-50(48)66(42-26-9-3-10-27-42)59-57(64)46-32-15-13-30-44(46)54-61(59)68-52-38-21-39-53-56(52)63(54)55-45-31-14-16-33-47(45)58-60(62(55)69-53)67(43-28-11-4-12-29-43)51-37-20-18-35-49(51)65(58)41-24-7-2-8-25-41/h1-39H. The van der Waals surface area contributed by atoms with E-state index < -0.39 is 0 Å². The molecule has 4 aliphatic heterocycles. The molecule has 0 saturated heterocycles. The van der Waals surface area contributed by atoms with Gasteiger partial charge in [-0.25, -0.2) is 0 Å². The minimum atomic E-state index is -0.297. The van der Waals surface area contributed by atoms with Crippen LogP contribution in [0.4, 0.5) is 68.2 Å². The van der Waals surface area contributed by atoms with Crippen LogP contribution in [0.1, 0.15) is 0 Å². The number of rotatable bonds is 4. The number of para-hydroxylation sites is 8. The number of fused-ring (bicyclic) bond motifs is 16. The Balaban J connectivity index is 1.11. The van der Waals surface area contributed by atoms with Crippen LogP contribution in [-0.2, 0) is 0 Å². The molecule has 0 radical (unpaired) electrons. The van der Waals surface area contributed by atoms with Gasteiger partial charge in [0.05, 0.1) is 34.1 Å². The number of anilines is 12. The van der Waals surface area contributed by atoms with Gasteiger partial charge in [-0.05, 0) is 107 Å². The van der Waals surface area contributed by atoms with Gasteiger partial charge < -0.3 is 29.1 Å². The molecule has 6 nitrogen and oxygen atoms in total. The topological polar surface area (TPSA) is 31.4 Å². The lowest BCUT2D eigenvalue weighted by molar-refractivity contribution is 0.466. The molecule has 15 rings (SSSR count). The zero-order chi connectivity index (χ0) is 45.2. The largest absolute Gasteiger partial charge is 0.456 e. The molecule has 0 fully saturated rings. The Labute approximate surface area is 399 Å². The van der Waals surface area contributed by atoms with Crippen LogP contribution in [0.15, 0.2) is 237 Å². The zero-order valence-corrected chi connectivity index (χ0v) is 37.2. The molecule has 322 valence electrons. The summed E-state index contributed by atoms with van der Waals surface area (Å²) >= 11 is 0. The lowest BCUT2D eigenvalue weighted by Crippen LogP contribution is -2.58. The molecule has 0 amide bonds. The molecule has 0 atom stereocenters. The maximum Gasteiger partial charge on any atom is 0.262 e. The highest BCUT2D eigenvalue weighted by Gasteiger charge is 2.49. The minimum Gasteiger partial charge on any atom is -0.456 e. The first-order chi connectivity index (χ1) is 34.3. The normalized spacial score (nSPS) is 13.6. The first-order valence-electron chi connectivity index (χ1n) is 23.6.